The van der Waals surface area contributed by atoms with Gasteiger partial charge in [0.1, 0.15) is 0 Å². The molecule has 0 saturated heterocycles. The molecule has 1 saturated carbocycles. The van der Waals surface area contributed by atoms with E-state index >= 15 is 0 Å². The van der Waals surface area contributed by atoms with Crippen LogP contribution < -0.4 is 5.73 Å². The molecule has 1 aliphatic rings. The van der Waals surface area contributed by atoms with Crippen molar-refractivity contribution in [2.24, 2.45) is 17.1 Å². The second-order valence-electron chi connectivity index (χ2n) is 6.65. The highest BCUT2D eigenvalue weighted by Gasteiger charge is 2.32. The summed E-state index contributed by atoms with van der Waals surface area (Å²) in [7, 11) is 0. The van der Waals surface area contributed by atoms with Crippen LogP contribution in [0.5, 0.6) is 0 Å². The van der Waals surface area contributed by atoms with Crippen LogP contribution in [0, 0.1) is 11.3 Å². The van der Waals surface area contributed by atoms with E-state index in [2.05, 4.69) is 27.7 Å². The van der Waals surface area contributed by atoms with Gasteiger partial charge in [-0.25, -0.2) is 0 Å². The molecule has 2 unspecified atom stereocenters. The fourth-order valence-electron chi connectivity index (χ4n) is 3.13. The molecule has 1 rings (SSSR count). The van der Waals surface area contributed by atoms with Gasteiger partial charge in [-0.3, -0.25) is 0 Å². The van der Waals surface area contributed by atoms with Crippen molar-refractivity contribution in [2.75, 3.05) is 6.61 Å². The highest BCUT2D eigenvalue weighted by atomic mass is 16.5. The molecule has 0 heterocycles. The summed E-state index contributed by atoms with van der Waals surface area (Å²) in [6.07, 6.45) is 8.28. The third-order valence-corrected chi connectivity index (χ3v) is 3.92. The Balaban J connectivity index is 2.48. The van der Waals surface area contributed by atoms with Crippen molar-refractivity contribution in [2.45, 2.75) is 78.4 Å². The highest BCUT2D eigenvalue weighted by molar-refractivity contribution is 4.86. The second kappa shape index (κ2) is 6.75. The van der Waals surface area contributed by atoms with Crippen molar-refractivity contribution in [3.63, 3.8) is 0 Å². The normalized spacial score (nSPS) is 22.4. The number of rotatable bonds is 5. The number of nitrogens with two attached hydrogens (primary N) is 1. The van der Waals surface area contributed by atoms with Gasteiger partial charge < -0.3 is 10.5 Å². The van der Waals surface area contributed by atoms with Gasteiger partial charge in [0.05, 0.1) is 6.10 Å². The Bertz CT molecular complexity index is 203. The SMILES string of the molecule is CCOC(C(N)CC1CCCCC1)C(C)(C)C. The largest absolute Gasteiger partial charge is 0.376 e. The maximum atomic E-state index is 6.40. The molecule has 2 nitrogen and oxygen atoms in total. The van der Waals surface area contributed by atoms with Crippen molar-refractivity contribution < 1.29 is 4.74 Å². The van der Waals surface area contributed by atoms with E-state index in [0.717, 1.165) is 18.9 Å². The van der Waals surface area contributed by atoms with Gasteiger partial charge in [0, 0.05) is 12.6 Å². The Morgan fingerprint density at radius 1 is 1.18 bits per heavy atom. The lowest BCUT2D eigenvalue weighted by Crippen LogP contribution is -2.46. The van der Waals surface area contributed by atoms with Gasteiger partial charge in [-0.1, -0.05) is 52.9 Å². The quantitative estimate of drug-likeness (QED) is 0.796. The van der Waals surface area contributed by atoms with E-state index in [1.807, 2.05) is 0 Å². The molecule has 0 aromatic heterocycles. The predicted octanol–water partition coefficient (Wildman–Crippen LogP) is 3.74. The third-order valence-electron chi connectivity index (χ3n) is 3.92. The first-order chi connectivity index (χ1) is 7.95. The zero-order valence-corrected chi connectivity index (χ0v) is 12.2. The molecule has 0 spiro atoms. The summed E-state index contributed by atoms with van der Waals surface area (Å²) in [5.41, 5.74) is 6.54. The van der Waals surface area contributed by atoms with E-state index in [-0.39, 0.29) is 17.6 Å². The average Bonchev–Trinajstić information content (AvgIpc) is 2.25. The molecule has 102 valence electrons. The molecular weight excluding hydrogens is 210 g/mol. The van der Waals surface area contributed by atoms with Crippen LogP contribution in [-0.4, -0.2) is 18.8 Å². The van der Waals surface area contributed by atoms with Crippen molar-refractivity contribution in [3.8, 4) is 0 Å². The van der Waals surface area contributed by atoms with E-state index in [9.17, 15) is 0 Å². The summed E-state index contributed by atoms with van der Waals surface area (Å²) in [5.74, 6) is 0.837. The van der Waals surface area contributed by atoms with Crippen LogP contribution in [0.15, 0.2) is 0 Å². The fraction of sp³-hybridized carbons (Fsp3) is 1.00. The molecule has 0 aromatic rings. The van der Waals surface area contributed by atoms with Gasteiger partial charge in [0.25, 0.3) is 0 Å². The summed E-state index contributed by atoms with van der Waals surface area (Å²) >= 11 is 0. The Hall–Kier alpha value is -0.0800. The summed E-state index contributed by atoms with van der Waals surface area (Å²) in [4.78, 5) is 0. The fourth-order valence-corrected chi connectivity index (χ4v) is 3.13. The summed E-state index contributed by atoms with van der Waals surface area (Å²) in [5, 5.41) is 0. The maximum Gasteiger partial charge on any atom is 0.0773 e. The first kappa shape index (κ1) is 15.0. The molecule has 2 heteroatoms. The molecule has 0 amide bonds. The molecule has 2 N–H and O–H groups in total. The number of ether oxygens (including phenoxy) is 1. The van der Waals surface area contributed by atoms with Gasteiger partial charge >= 0.3 is 0 Å². The summed E-state index contributed by atoms with van der Waals surface area (Å²) in [6.45, 7) is 9.52. The highest BCUT2D eigenvalue weighted by Crippen LogP contribution is 2.31. The minimum atomic E-state index is 0.143. The number of hydrogen-bond acceptors (Lipinski definition) is 2. The molecule has 0 aliphatic heterocycles. The van der Waals surface area contributed by atoms with Crippen LogP contribution in [0.25, 0.3) is 0 Å². The van der Waals surface area contributed by atoms with Crippen molar-refractivity contribution in [1.82, 2.24) is 0 Å². The minimum absolute atomic E-state index is 0.143. The van der Waals surface area contributed by atoms with Crippen LogP contribution in [0.3, 0.4) is 0 Å². The summed E-state index contributed by atoms with van der Waals surface area (Å²) < 4.78 is 5.88. The Morgan fingerprint density at radius 3 is 2.24 bits per heavy atom. The van der Waals surface area contributed by atoms with Crippen molar-refractivity contribution in [1.29, 1.82) is 0 Å². The van der Waals surface area contributed by atoms with Crippen molar-refractivity contribution in [3.05, 3.63) is 0 Å². The summed E-state index contributed by atoms with van der Waals surface area (Å²) in [6, 6.07) is 0.193. The molecule has 2 atom stereocenters. The maximum absolute atomic E-state index is 6.40. The molecule has 0 radical (unpaired) electrons. The zero-order valence-electron chi connectivity index (χ0n) is 12.2. The molecule has 1 fully saturated rings. The standard InChI is InChI=1S/C15H31NO/c1-5-17-14(15(2,3)4)13(16)11-12-9-7-6-8-10-12/h12-14H,5-11,16H2,1-4H3. The first-order valence-corrected chi connectivity index (χ1v) is 7.32. The zero-order chi connectivity index (χ0) is 12.9. The molecule has 1 aliphatic carbocycles. The predicted molar refractivity (Wildman–Crippen MR) is 74.0 cm³/mol. The Labute approximate surface area is 107 Å². The van der Waals surface area contributed by atoms with E-state index < -0.39 is 0 Å². The van der Waals surface area contributed by atoms with E-state index in [1.165, 1.54) is 32.1 Å². The molecule has 0 bridgehead atoms. The van der Waals surface area contributed by atoms with E-state index in [1.54, 1.807) is 0 Å². The molecular formula is C15H31NO. The van der Waals surface area contributed by atoms with Crippen LogP contribution in [0.2, 0.25) is 0 Å². The number of hydrogen-bond donors (Lipinski definition) is 1. The Kier molecular flexibility index (Phi) is 5.94. The minimum Gasteiger partial charge on any atom is -0.376 e. The van der Waals surface area contributed by atoms with Gasteiger partial charge in [0.15, 0.2) is 0 Å². The lowest BCUT2D eigenvalue weighted by Gasteiger charge is -2.37. The van der Waals surface area contributed by atoms with Crippen LogP contribution in [-0.2, 0) is 4.74 Å². The lowest BCUT2D eigenvalue weighted by molar-refractivity contribution is -0.0328. The lowest BCUT2D eigenvalue weighted by atomic mass is 9.78. The van der Waals surface area contributed by atoms with Crippen LogP contribution in [0.4, 0.5) is 0 Å². The van der Waals surface area contributed by atoms with Crippen LogP contribution in [0.1, 0.15) is 66.2 Å². The van der Waals surface area contributed by atoms with Crippen LogP contribution >= 0.6 is 0 Å². The van der Waals surface area contributed by atoms with Gasteiger partial charge in [0.2, 0.25) is 0 Å². The monoisotopic (exact) mass is 241 g/mol. The van der Waals surface area contributed by atoms with Gasteiger partial charge in [-0.2, -0.15) is 0 Å². The Morgan fingerprint density at radius 2 is 1.76 bits per heavy atom. The third kappa shape index (κ3) is 4.97. The molecule has 17 heavy (non-hydrogen) atoms. The first-order valence-electron chi connectivity index (χ1n) is 7.32. The topological polar surface area (TPSA) is 35.2 Å². The molecule has 0 aromatic carbocycles. The van der Waals surface area contributed by atoms with E-state index in [4.69, 9.17) is 10.5 Å². The van der Waals surface area contributed by atoms with Crippen molar-refractivity contribution >= 4 is 0 Å². The van der Waals surface area contributed by atoms with E-state index in [0.29, 0.717) is 0 Å². The average molecular weight is 241 g/mol. The second-order valence-corrected chi connectivity index (χ2v) is 6.65. The smallest absolute Gasteiger partial charge is 0.0773 e. The van der Waals surface area contributed by atoms with Gasteiger partial charge in [-0.05, 0) is 24.7 Å². The van der Waals surface area contributed by atoms with Gasteiger partial charge in [-0.15, -0.1) is 0 Å².